The third-order valence-corrected chi connectivity index (χ3v) is 5.07. The number of piperazine rings is 1. The highest BCUT2D eigenvalue weighted by atomic mass is 32.1. The first-order valence-electron chi connectivity index (χ1n) is 7.17. The molecule has 1 fully saturated rings. The summed E-state index contributed by atoms with van der Waals surface area (Å²) in [7, 11) is 0. The van der Waals surface area contributed by atoms with E-state index in [2.05, 4.69) is 16.8 Å². The number of nitrogens with zero attached hydrogens (tertiary/aromatic N) is 3. The number of amides is 1. The topological polar surface area (TPSA) is 36.4 Å². The van der Waals surface area contributed by atoms with Gasteiger partial charge in [0.2, 0.25) is 0 Å². The van der Waals surface area contributed by atoms with Gasteiger partial charge < -0.3 is 9.80 Å². The Bertz CT molecular complexity index is 630. The first-order chi connectivity index (χ1) is 10.2. The summed E-state index contributed by atoms with van der Waals surface area (Å²) >= 11 is 1.65. The Balaban J connectivity index is 1.66. The van der Waals surface area contributed by atoms with Crippen LogP contribution in [0.15, 0.2) is 29.8 Å². The van der Waals surface area contributed by atoms with Crippen LogP contribution in [0.5, 0.6) is 0 Å². The molecule has 0 unspecified atom stereocenters. The van der Waals surface area contributed by atoms with E-state index in [1.54, 1.807) is 11.3 Å². The highest BCUT2D eigenvalue weighted by molar-refractivity contribution is 7.10. The van der Waals surface area contributed by atoms with Crippen molar-refractivity contribution in [2.75, 3.05) is 31.1 Å². The molecule has 0 bridgehead atoms. The molecule has 3 rings (SSSR count). The van der Waals surface area contributed by atoms with Gasteiger partial charge in [0.25, 0.3) is 5.91 Å². The van der Waals surface area contributed by atoms with E-state index in [1.807, 2.05) is 41.6 Å². The van der Waals surface area contributed by atoms with Crippen LogP contribution in [0.1, 0.15) is 20.8 Å². The fourth-order valence-corrected chi connectivity index (χ4v) is 3.43. The fraction of sp³-hybridized carbons (Fsp3) is 0.375. The third kappa shape index (κ3) is 2.78. The van der Waals surface area contributed by atoms with Crippen molar-refractivity contribution in [1.82, 2.24) is 9.88 Å². The van der Waals surface area contributed by atoms with Gasteiger partial charge in [0, 0.05) is 42.6 Å². The number of thiophene rings is 1. The number of hydrogen-bond acceptors (Lipinski definition) is 4. The molecule has 2 aromatic rings. The smallest absolute Gasteiger partial charge is 0.255 e. The molecular weight excluding hydrogens is 282 g/mol. The third-order valence-electron chi connectivity index (χ3n) is 4.06. The zero-order valence-corrected chi connectivity index (χ0v) is 13.2. The van der Waals surface area contributed by atoms with Crippen LogP contribution in [-0.2, 0) is 0 Å². The van der Waals surface area contributed by atoms with Crippen LogP contribution in [-0.4, -0.2) is 42.0 Å². The number of aromatic nitrogens is 1. The quantitative estimate of drug-likeness (QED) is 0.856. The van der Waals surface area contributed by atoms with E-state index in [0.29, 0.717) is 0 Å². The predicted molar refractivity (Wildman–Crippen MR) is 86.1 cm³/mol. The van der Waals surface area contributed by atoms with Gasteiger partial charge in [0.1, 0.15) is 5.82 Å². The van der Waals surface area contributed by atoms with Crippen LogP contribution in [0, 0.1) is 13.8 Å². The van der Waals surface area contributed by atoms with E-state index in [4.69, 9.17) is 0 Å². The molecule has 0 N–H and O–H groups in total. The Morgan fingerprint density at radius 3 is 2.52 bits per heavy atom. The van der Waals surface area contributed by atoms with Gasteiger partial charge >= 0.3 is 0 Å². The summed E-state index contributed by atoms with van der Waals surface area (Å²) in [6, 6.07) is 5.94. The zero-order chi connectivity index (χ0) is 14.8. The maximum absolute atomic E-state index is 12.6. The molecule has 5 heteroatoms. The summed E-state index contributed by atoms with van der Waals surface area (Å²) in [6.07, 6.45) is 1.81. The maximum Gasteiger partial charge on any atom is 0.255 e. The standard InChI is InChI=1S/C16H19N3OS/c1-12-13(2)21-11-14(12)16(20)19-9-7-18(8-10-19)15-5-3-4-6-17-15/h3-6,11H,7-10H2,1-2H3. The van der Waals surface area contributed by atoms with Crippen LogP contribution < -0.4 is 4.90 Å². The second-order valence-electron chi connectivity index (χ2n) is 5.30. The number of carbonyl (C=O) groups is 1. The minimum absolute atomic E-state index is 0.164. The molecule has 0 atom stereocenters. The van der Waals surface area contributed by atoms with Gasteiger partial charge in [0.05, 0.1) is 5.56 Å². The van der Waals surface area contributed by atoms with Crippen molar-refractivity contribution in [3.8, 4) is 0 Å². The Morgan fingerprint density at radius 2 is 1.95 bits per heavy atom. The number of pyridine rings is 1. The van der Waals surface area contributed by atoms with Gasteiger partial charge in [-0.15, -0.1) is 11.3 Å². The minimum atomic E-state index is 0.164. The average Bonchev–Trinajstić information content (AvgIpc) is 2.87. The number of anilines is 1. The van der Waals surface area contributed by atoms with Gasteiger partial charge in [-0.1, -0.05) is 6.07 Å². The molecule has 0 aromatic carbocycles. The van der Waals surface area contributed by atoms with Gasteiger partial charge in [-0.25, -0.2) is 4.98 Å². The second kappa shape index (κ2) is 5.85. The van der Waals surface area contributed by atoms with Gasteiger partial charge in [-0.2, -0.15) is 0 Å². The van der Waals surface area contributed by atoms with Gasteiger partial charge in [-0.3, -0.25) is 4.79 Å². The van der Waals surface area contributed by atoms with E-state index in [9.17, 15) is 4.79 Å². The first-order valence-corrected chi connectivity index (χ1v) is 8.04. The summed E-state index contributed by atoms with van der Waals surface area (Å²) in [5.41, 5.74) is 1.99. The Morgan fingerprint density at radius 1 is 1.19 bits per heavy atom. The van der Waals surface area contributed by atoms with E-state index < -0.39 is 0 Å². The fourth-order valence-electron chi connectivity index (χ4n) is 2.57. The number of rotatable bonds is 2. The van der Waals surface area contributed by atoms with Crippen molar-refractivity contribution in [2.45, 2.75) is 13.8 Å². The lowest BCUT2D eigenvalue weighted by molar-refractivity contribution is 0.0746. The predicted octanol–water partition coefficient (Wildman–Crippen LogP) is 2.72. The van der Waals surface area contributed by atoms with E-state index >= 15 is 0 Å². The number of aryl methyl sites for hydroxylation is 1. The van der Waals surface area contributed by atoms with Crippen molar-refractivity contribution < 1.29 is 4.79 Å². The molecule has 1 saturated heterocycles. The lowest BCUT2D eigenvalue weighted by Gasteiger charge is -2.35. The Labute approximate surface area is 129 Å². The average molecular weight is 301 g/mol. The highest BCUT2D eigenvalue weighted by Gasteiger charge is 2.24. The second-order valence-corrected chi connectivity index (χ2v) is 6.38. The zero-order valence-electron chi connectivity index (χ0n) is 12.4. The molecule has 0 spiro atoms. The van der Waals surface area contributed by atoms with E-state index in [-0.39, 0.29) is 5.91 Å². The largest absolute Gasteiger partial charge is 0.353 e. The van der Waals surface area contributed by atoms with Crippen LogP contribution >= 0.6 is 11.3 Å². The van der Waals surface area contributed by atoms with Crippen molar-refractivity contribution >= 4 is 23.1 Å². The van der Waals surface area contributed by atoms with Crippen LogP contribution in [0.2, 0.25) is 0 Å². The SMILES string of the molecule is Cc1scc(C(=O)N2CCN(c3ccccn3)CC2)c1C. The van der Waals surface area contributed by atoms with Crippen molar-refractivity contribution in [2.24, 2.45) is 0 Å². The normalized spacial score (nSPS) is 15.3. The molecule has 2 aromatic heterocycles. The summed E-state index contributed by atoms with van der Waals surface area (Å²) < 4.78 is 0. The van der Waals surface area contributed by atoms with Gasteiger partial charge in [0.15, 0.2) is 0 Å². The van der Waals surface area contributed by atoms with Crippen LogP contribution in [0.4, 0.5) is 5.82 Å². The molecule has 0 radical (unpaired) electrons. The molecule has 1 aliphatic rings. The molecule has 1 aliphatic heterocycles. The molecule has 21 heavy (non-hydrogen) atoms. The monoisotopic (exact) mass is 301 g/mol. The molecule has 4 nitrogen and oxygen atoms in total. The van der Waals surface area contributed by atoms with E-state index in [1.165, 1.54) is 4.88 Å². The first kappa shape index (κ1) is 14.1. The van der Waals surface area contributed by atoms with Crippen molar-refractivity contribution in [1.29, 1.82) is 0 Å². The number of carbonyl (C=O) groups excluding carboxylic acids is 1. The summed E-state index contributed by atoms with van der Waals surface area (Å²) in [4.78, 5) is 22.4. The summed E-state index contributed by atoms with van der Waals surface area (Å²) in [6.45, 7) is 7.28. The Hall–Kier alpha value is -1.88. The molecule has 0 aliphatic carbocycles. The molecule has 1 amide bonds. The van der Waals surface area contributed by atoms with Crippen molar-refractivity contribution in [3.63, 3.8) is 0 Å². The lowest BCUT2D eigenvalue weighted by Crippen LogP contribution is -2.49. The Kier molecular flexibility index (Phi) is 3.92. The van der Waals surface area contributed by atoms with Gasteiger partial charge in [-0.05, 0) is 31.5 Å². The summed E-state index contributed by atoms with van der Waals surface area (Å²) in [5.74, 6) is 1.16. The van der Waals surface area contributed by atoms with Crippen LogP contribution in [0.3, 0.4) is 0 Å². The molecule has 3 heterocycles. The highest BCUT2D eigenvalue weighted by Crippen LogP contribution is 2.23. The lowest BCUT2D eigenvalue weighted by atomic mass is 10.1. The summed E-state index contributed by atoms with van der Waals surface area (Å²) in [5, 5.41) is 1.98. The molecule has 0 saturated carbocycles. The van der Waals surface area contributed by atoms with E-state index in [0.717, 1.165) is 43.1 Å². The minimum Gasteiger partial charge on any atom is -0.353 e. The molecule has 110 valence electrons. The molecular formula is C16H19N3OS. The number of hydrogen-bond donors (Lipinski definition) is 0. The van der Waals surface area contributed by atoms with Crippen LogP contribution in [0.25, 0.3) is 0 Å². The van der Waals surface area contributed by atoms with Crippen molar-refractivity contribution in [3.05, 3.63) is 45.8 Å². The maximum atomic E-state index is 12.6.